The van der Waals surface area contributed by atoms with Gasteiger partial charge in [0.25, 0.3) is 0 Å². The Bertz CT molecular complexity index is 681. The third-order valence-electron chi connectivity index (χ3n) is 3.06. The molecule has 0 spiro atoms. The van der Waals surface area contributed by atoms with Gasteiger partial charge in [-0.15, -0.1) is 0 Å². The summed E-state index contributed by atoms with van der Waals surface area (Å²) in [4.78, 5) is 11.4. The molecule has 0 saturated carbocycles. The molecule has 0 fully saturated rings. The molecule has 0 bridgehead atoms. The molecule has 0 N–H and O–H groups in total. The monoisotopic (exact) mass is 324 g/mol. The lowest BCUT2D eigenvalue weighted by Gasteiger charge is -2.14. The minimum absolute atomic E-state index is 0.0243. The average Bonchev–Trinajstić information content (AvgIpc) is 2.51. The van der Waals surface area contributed by atoms with Gasteiger partial charge in [0.1, 0.15) is 24.7 Å². The van der Waals surface area contributed by atoms with E-state index in [0.717, 1.165) is 6.07 Å². The molecule has 0 unspecified atom stereocenters. The smallest absolute Gasteiger partial charge is 0.419 e. The van der Waals surface area contributed by atoms with E-state index in [4.69, 9.17) is 9.47 Å². The van der Waals surface area contributed by atoms with Gasteiger partial charge in [0.2, 0.25) is 0 Å². The third kappa shape index (κ3) is 4.48. The highest BCUT2D eigenvalue weighted by Crippen LogP contribution is 2.35. The van der Waals surface area contributed by atoms with Gasteiger partial charge >= 0.3 is 6.18 Å². The van der Waals surface area contributed by atoms with Gasteiger partial charge in [-0.1, -0.05) is 24.3 Å². The van der Waals surface area contributed by atoms with Gasteiger partial charge in [0.05, 0.1) is 11.1 Å². The van der Waals surface area contributed by atoms with Gasteiger partial charge < -0.3 is 9.47 Å². The molecule has 0 heterocycles. The Hall–Kier alpha value is -2.50. The normalized spacial score (nSPS) is 11.1. The van der Waals surface area contributed by atoms with Gasteiger partial charge in [0.15, 0.2) is 5.78 Å². The minimum atomic E-state index is -4.47. The van der Waals surface area contributed by atoms with E-state index in [9.17, 15) is 18.0 Å². The zero-order valence-corrected chi connectivity index (χ0v) is 12.4. The molecule has 0 aliphatic heterocycles. The van der Waals surface area contributed by atoms with E-state index >= 15 is 0 Å². The lowest BCUT2D eigenvalue weighted by atomic mass is 10.1. The van der Waals surface area contributed by atoms with Crippen LogP contribution in [0.15, 0.2) is 48.5 Å². The van der Waals surface area contributed by atoms with Gasteiger partial charge in [0, 0.05) is 0 Å². The number of para-hydroxylation sites is 2. The molecule has 0 atom stereocenters. The van der Waals surface area contributed by atoms with Crippen LogP contribution in [0.3, 0.4) is 0 Å². The molecule has 0 amide bonds. The first-order valence-corrected chi connectivity index (χ1v) is 6.91. The van der Waals surface area contributed by atoms with Crippen molar-refractivity contribution in [1.29, 1.82) is 0 Å². The predicted molar refractivity (Wildman–Crippen MR) is 78.9 cm³/mol. The number of benzene rings is 2. The summed E-state index contributed by atoms with van der Waals surface area (Å²) in [6, 6.07) is 11.7. The fraction of sp³-hybridized carbons (Fsp3) is 0.235. The van der Waals surface area contributed by atoms with Crippen LogP contribution in [0.2, 0.25) is 0 Å². The van der Waals surface area contributed by atoms with Crippen molar-refractivity contribution in [2.24, 2.45) is 0 Å². The number of ketones is 1. The maximum atomic E-state index is 12.8. The number of ether oxygens (including phenoxy) is 2. The summed E-state index contributed by atoms with van der Waals surface area (Å²) in [7, 11) is 0. The Balaban J connectivity index is 1.96. The molecular weight excluding hydrogens is 309 g/mol. The summed E-state index contributed by atoms with van der Waals surface area (Å²) in [6.45, 7) is 1.37. The Morgan fingerprint density at radius 3 is 2.04 bits per heavy atom. The molecule has 0 aromatic heterocycles. The Morgan fingerprint density at radius 2 is 1.43 bits per heavy atom. The van der Waals surface area contributed by atoms with Crippen molar-refractivity contribution in [2.75, 3.05) is 13.2 Å². The molecule has 23 heavy (non-hydrogen) atoms. The third-order valence-corrected chi connectivity index (χ3v) is 3.06. The molecular formula is C17H15F3O3. The number of halogens is 3. The first-order chi connectivity index (χ1) is 10.9. The van der Waals surface area contributed by atoms with Crippen LogP contribution < -0.4 is 9.47 Å². The van der Waals surface area contributed by atoms with Crippen LogP contribution >= 0.6 is 0 Å². The predicted octanol–water partition coefficient (Wildman–Crippen LogP) is 4.37. The molecule has 0 radical (unpaired) electrons. The molecule has 0 aliphatic carbocycles. The van der Waals surface area contributed by atoms with E-state index in [0.29, 0.717) is 11.3 Å². The maximum absolute atomic E-state index is 12.8. The van der Waals surface area contributed by atoms with Gasteiger partial charge in [-0.2, -0.15) is 13.2 Å². The van der Waals surface area contributed by atoms with Crippen molar-refractivity contribution in [3.8, 4) is 11.5 Å². The topological polar surface area (TPSA) is 35.5 Å². The number of carbonyl (C=O) groups is 1. The second-order valence-electron chi connectivity index (χ2n) is 4.74. The quantitative estimate of drug-likeness (QED) is 0.585. The molecule has 0 aliphatic rings. The van der Waals surface area contributed by atoms with Gasteiger partial charge in [-0.05, 0) is 31.2 Å². The summed E-state index contributed by atoms with van der Waals surface area (Å²) in [6.07, 6.45) is -4.47. The van der Waals surface area contributed by atoms with Crippen molar-refractivity contribution < 1.29 is 27.4 Å². The first kappa shape index (κ1) is 16.9. The Kier molecular flexibility index (Phi) is 5.26. The molecule has 2 aromatic carbocycles. The van der Waals surface area contributed by atoms with E-state index in [2.05, 4.69) is 0 Å². The lowest BCUT2D eigenvalue weighted by molar-refractivity contribution is -0.139. The molecule has 2 rings (SSSR count). The lowest BCUT2D eigenvalue weighted by Crippen LogP contribution is -2.14. The highest BCUT2D eigenvalue weighted by molar-refractivity contribution is 5.96. The summed E-state index contributed by atoms with van der Waals surface area (Å²) in [5.74, 6) is -0.0138. The maximum Gasteiger partial charge on any atom is 0.419 e. The van der Waals surface area contributed by atoms with E-state index in [1.54, 1.807) is 24.3 Å². The molecule has 122 valence electrons. The van der Waals surface area contributed by atoms with Crippen LogP contribution in [0, 0.1) is 0 Å². The number of hydrogen-bond acceptors (Lipinski definition) is 3. The molecule has 0 saturated heterocycles. The fourth-order valence-corrected chi connectivity index (χ4v) is 2.01. The number of Topliss-reactive ketones (excluding diaryl/α,β-unsaturated/α-hetero) is 1. The van der Waals surface area contributed by atoms with E-state index in [1.807, 2.05) is 0 Å². The van der Waals surface area contributed by atoms with Crippen LogP contribution in [0.4, 0.5) is 13.2 Å². The van der Waals surface area contributed by atoms with Crippen LogP contribution in [0.1, 0.15) is 22.8 Å². The van der Waals surface area contributed by atoms with E-state index in [-0.39, 0.29) is 24.7 Å². The van der Waals surface area contributed by atoms with Crippen LogP contribution in [-0.4, -0.2) is 19.0 Å². The standard InChI is InChI=1S/C17H15F3O3/c1-12(21)13-6-2-4-8-15(13)22-10-11-23-16-9-5-3-7-14(16)17(18,19)20/h2-9H,10-11H2,1H3. The second kappa shape index (κ2) is 7.17. The van der Waals surface area contributed by atoms with Crippen molar-refractivity contribution >= 4 is 5.78 Å². The summed E-state index contributed by atoms with van der Waals surface area (Å²) in [5, 5.41) is 0. The van der Waals surface area contributed by atoms with E-state index < -0.39 is 11.7 Å². The summed E-state index contributed by atoms with van der Waals surface area (Å²) < 4.78 is 49.0. The largest absolute Gasteiger partial charge is 0.489 e. The molecule has 3 nitrogen and oxygen atoms in total. The second-order valence-corrected chi connectivity index (χ2v) is 4.74. The van der Waals surface area contributed by atoms with Gasteiger partial charge in [-0.3, -0.25) is 4.79 Å². The highest BCUT2D eigenvalue weighted by Gasteiger charge is 2.33. The average molecular weight is 324 g/mol. The van der Waals surface area contributed by atoms with Crippen molar-refractivity contribution in [1.82, 2.24) is 0 Å². The highest BCUT2D eigenvalue weighted by atomic mass is 19.4. The summed E-state index contributed by atoms with van der Waals surface area (Å²) >= 11 is 0. The zero-order valence-electron chi connectivity index (χ0n) is 12.4. The Morgan fingerprint density at radius 1 is 0.913 bits per heavy atom. The summed E-state index contributed by atoms with van der Waals surface area (Å²) in [5.41, 5.74) is -0.410. The van der Waals surface area contributed by atoms with Gasteiger partial charge in [-0.25, -0.2) is 0 Å². The van der Waals surface area contributed by atoms with Crippen LogP contribution in [-0.2, 0) is 6.18 Å². The number of rotatable bonds is 6. The van der Waals surface area contributed by atoms with Crippen LogP contribution in [0.25, 0.3) is 0 Å². The zero-order chi connectivity index (χ0) is 16.9. The van der Waals surface area contributed by atoms with Crippen molar-refractivity contribution in [2.45, 2.75) is 13.1 Å². The minimum Gasteiger partial charge on any atom is -0.489 e. The number of carbonyl (C=O) groups excluding carboxylic acids is 1. The first-order valence-electron chi connectivity index (χ1n) is 6.91. The Labute approximate surface area is 131 Å². The van der Waals surface area contributed by atoms with Crippen LogP contribution in [0.5, 0.6) is 11.5 Å². The fourth-order valence-electron chi connectivity index (χ4n) is 2.01. The number of hydrogen-bond donors (Lipinski definition) is 0. The molecule has 2 aromatic rings. The van der Waals surface area contributed by atoms with Crippen molar-refractivity contribution in [3.63, 3.8) is 0 Å². The van der Waals surface area contributed by atoms with E-state index in [1.165, 1.54) is 25.1 Å². The molecule has 6 heteroatoms. The number of alkyl halides is 3. The van der Waals surface area contributed by atoms with Crippen molar-refractivity contribution in [3.05, 3.63) is 59.7 Å². The SMILES string of the molecule is CC(=O)c1ccccc1OCCOc1ccccc1C(F)(F)F.